The van der Waals surface area contributed by atoms with Crippen molar-refractivity contribution < 1.29 is 34.1 Å². The topological polar surface area (TPSA) is 110 Å². The summed E-state index contributed by atoms with van der Waals surface area (Å²) in [4.78, 5) is 34.0. The van der Waals surface area contributed by atoms with Crippen molar-refractivity contribution in [1.82, 2.24) is 0 Å². The number of rotatable bonds is 16. The summed E-state index contributed by atoms with van der Waals surface area (Å²) < 4.78 is 11.0. The van der Waals surface area contributed by atoms with Crippen LogP contribution in [0.2, 0.25) is 0 Å². The molecule has 0 fully saturated rings. The first-order valence-electron chi connectivity index (χ1n) is 11.4. The van der Waals surface area contributed by atoms with Crippen molar-refractivity contribution in [3.8, 4) is 11.5 Å². The molecule has 0 aliphatic carbocycles. The smallest absolute Gasteiger partial charge is 0.303 e. The third-order valence-electron chi connectivity index (χ3n) is 5.23. The lowest BCUT2D eigenvalue weighted by atomic mass is 10.00. The van der Waals surface area contributed by atoms with Crippen LogP contribution in [0.25, 0.3) is 6.08 Å². The summed E-state index contributed by atoms with van der Waals surface area (Å²) in [6, 6.07) is 12.9. The predicted molar refractivity (Wildman–Crippen MR) is 130 cm³/mol. The number of hydrogen-bond donors (Lipinski definition) is 2. The number of hydrogen-bond acceptors (Lipinski definition) is 5. The monoisotopic (exact) mass is 468 g/mol. The van der Waals surface area contributed by atoms with Crippen LogP contribution < -0.4 is 9.47 Å². The van der Waals surface area contributed by atoms with Crippen LogP contribution in [0.1, 0.15) is 66.4 Å². The fourth-order valence-electron chi connectivity index (χ4n) is 3.36. The molecule has 2 N–H and O–H groups in total. The molecule has 0 saturated carbocycles. The number of aryl methyl sites for hydroxylation is 1. The number of Topliss-reactive ketones (excluding diaryl/α,β-unsaturated/α-hetero) is 1. The average molecular weight is 469 g/mol. The van der Waals surface area contributed by atoms with Crippen molar-refractivity contribution in [2.45, 2.75) is 51.4 Å². The minimum Gasteiger partial charge on any atom is -0.497 e. The number of carbonyl (C=O) groups excluding carboxylic acids is 1. The molecule has 0 bridgehead atoms. The zero-order valence-corrected chi connectivity index (χ0v) is 19.5. The maximum Gasteiger partial charge on any atom is 0.303 e. The second-order valence-corrected chi connectivity index (χ2v) is 7.91. The normalized spacial score (nSPS) is 10.9. The Kier molecular flexibility index (Phi) is 11.4. The van der Waals surface area contributed by atoms with Crippen LogP contribution in [0.5, 0.6) is 11.5 Å². The fourth-order valence-corrected chi connectivity index (χ4v) is 3.36. The van der Waals surface area contributed by atoms with Gasteiger partial charge in [0.1, 0.15) is 11.5 Å². The van der Waals surface area contributed by atoms with E-state index in [-0.39, 0.29) is 37.9 Å². The van der Waals surface area contributed by atoms with Gasteiger partial charge in [0.25, 0.3) is 0 Å². The molecule has 34 heavy (non-hydrogen) atoms. The number of ketones is 1. The third kappa shape index (κ3) is 9.90. The van der Waals surface area contributed by atoms with Crippen LogP contribution in [0, 0.1) is 0 Å². The molecule has 0 atom stereocenters. The summed E-state index contributed by atoms with van der Waals surface area (Å²) in [7, 11) is 1.64. The lowest BCUT2D eigenvalue weighted by Gasteiger charge is -2.13. The molecular formula is C27H32O7. The molecule has 2 aromatic carbocycles. The zero-order chi connectivity index (χ0) is 24.8. The van der Waals surface area contributed by atoms with E-state index in [1.165, 1.54) is 0 Å². The van der Waals surface area contributed by atoms with Crippen molar-refractivity contribution in [1.29, 1.82) is 0 Å². The molecule has 0 spiro atoms. The van der Waals surface area contributed by atoms with E-state index in [0.717, 1.165) is 30.6 Å². The van der Waals surface area contributed by atoms with Crippen molar-refractivity contribution in [3.63, 3.8) is 0 Å². The molecule has 0 heterocycles. The quantitative estimate of drug-likeness (QED) is 0.250. The number of aliphatic carboxylic acids is 2. The standard InChI is InChI=1S/C27H32O7/c1-33-23-14-10-20(11-15-23)7-4-2-3-5-18-34-25-16-12-21(19-22(25)13-17-27(31)32)24(28)8-6-9-26(29)30/h4,7,10-12,14-16,19H,2-3,5-6,8-9,13,17-18H2,1H3,(H,29,30)(H,31,32). The Morgan fingerprint density at radius 1 is 0.882 bits per heavy atom. The SMILES string of the molecule is COc1ccc(C=CCCCCOc2ccc(C(=O)CCCC(=O)O)cc2CCC(=O)O)cc1. The molecule has 7 heteroatoms. The van der Waals surface area contributed by atoms with Gasteiger partial charge in [-0.1, -0.05) is 24.3 Å². The Hall–Kier alpha value is -3.61. The summed E-state index contributed by atoms with van der Waals surface area (Å²) in [6.45, 7) is 0.488. The molecule has 0 amide bonds. The number of unbranched alkanes of at least 4 members (excludes halogenated alkanes) is 2. The molecule has 0 aromatic heterocycles. The summed E-state index contributed by atoms with van der Waals surface area (Å²) in [6.07, 6.45) is 7.40. The van der Waals surface area contributed by atoms with E-state index in [1.807, 2.05) is 24.3 Å². The van der Waals surface area contributed by atoms with Crippen molar-refractivity contribution in [2.24, 2.45) is 0 Å². The van der Waals surface area contributed by atoms with Gasteiger partial charge in [-0.3, -0.25) is 14.4 Å². The molecular weight excluding hydrogens is 436 g/mol. The van der Waals surface area contributed by atoms with Gasteiger partial charge in [0.05, 0.1) is 13.7 Å². The first-order valence-corrected chi connectivity index (χ1v) is 11.4. The maximum atomic E-state index is 12.4. The van der Waals surface area contributed by atoms with Gasteiger partial charge in [-0.15, -0.1) is 0 Å². The Bertz CT molecular complexity index is 977. The fraction of sp³-hybridized carbons (Fsp3) is 0.370. The van der Waals surface area contributed by atoms with Gasteiger partial charge in [0.2, 0.25) is 0 Å². The van der Waals surface area contributed by atoms with Gasteiger partial charge in [-0.2, -0.15) is 0 Å². The van der Waals surface area contributed by atoms with E-state index in [4.69, 9.17) is 19.7 Å². The first-order chi connectivity index (χ1) is 16.4. The molecule has 7 nitrogen and oxygen atoms in total. The van der Waals surface area contributed by atoms with Gasteiger partial charge >= 0.3 is 11.9 Å². The number of carboxylic acid groups (broad SMARTS) is 2. The molecule has 0 saturated heterocycles. The molecule has 0 radical (unpaired) electrons. The molecule has 182 valence electrons. The number of carbonyl (C=O) groups is 3. The third-order valence-corrected chi connectivity index (χ3v) is 5.23. The van der Waals surface area contributed by atoms with Gasteiger partial charge in [0.15, 0.2) is 5.78 Å². The van der Waals surface area contributed by atoms with Crippen molar-refractivity contribution in [2.75, 3.05) is 13.7 Å². The predicted octanol–water partition coefficient (Wildman–Crippen LogP) is 5.41. The van der Waals surface area contributed by atoms with Crippen LogP contribution in [-0.4, -0.2) is 41.7 Å². The largest absolute Gasteiger partial charge is 0.497 e. The van der Waals surface area contributed by atoms with E-state index in [9.17, 15) is 14.4 Å². The Balaban J connectivity index is 1.84. The number of ether oxygens (including phenoxy) is 2. The zero-order valence-electron chi connectivity index (χ0n) is 19.5. The Morgan fingerprint density at radius 3 is 2.29 bits per heavy atom. The second-order valence-electron chi connectivity index (χ2n) is 7.91. The lowest BCUT2D eigenvalue weighted by Crippen LogP contribution is -2.06. The van der Waals surface area contributed by atoms with Crippen LogP contribution in [0.15, 0.2) is 48.5 Å². The van der Waals surface area contributed by atoms with Crippen molar-refractivity contribution in [3.05, 3.63) is 65.2 Å². The van der Waals surface area contributed by atoms with Crippen LogP contribution in [0.4, 0.5) is 0 Å². The maximum absolute atomic E-state index is 12.4. The van der Waals surface area contributed by atoms with Gasteiger partial charge in [0, 0.05) is 24.8 Å². The van der Waals surface area contributed by atoms with Gasteiger partial charge in [-0.25, -0.2) is 0 Å². The van der Waals surface area contributed by atoms with Gasteiger partial charge < -0.3 is 19.7 Å². The van der Waals surface area contributed by atoms with Crippen LogP contribution in [-0.2, 0) is 16.0 Å². The Labute approximate surface area is 200 Å². The summed E-state index contributed by atoms with van der Waals surface area (Å²) in [5.74, 6) is -0.611. The molecule has 0 aliphatic rings. The summed E-state index contributed by atoms with van der Waals surface area (Å²) in [5, 5.41) is 17.8. The minimum absolute atomic E-state index is 0.0614. The molecule has 2 aromatic rings. The van der Waals surface area contributed by atoms with E-state index in [0.29, 0.717) is 23.5 Å². The van der Waals surface area contributed by atoms with Crippen LogP contribution in [0.3, 0.4) is 0 Å². The Morgan fingerprint density at radius 2 is 1.62 bits per heavy atom. The number of carboxylic acids is 2. The highest BCUT2D eigenvalue weighted by molar-refractivity contribution is 5.96. The lowest BCUT2D eigenvalue weighted by molar-refractivity contribution is -0.138. The summed E-state index contributed by atoms with van der Waals surface area (Å²) >= 11 is 0. The van der Waals surface area contributed by atoms with Crippen LogP contribution >= 0.6 is 0 Å². The molecule has 2 rings (SSSR count). The number of allylic oxidation sites excluding steroid dienone is 1. The molecule has 0 aliphatic heterocycles. The highest BCUT2D eigenvalue weighted by Gasteiger charge is 2.13. The average Bonchev–Trinajstić information content (AvgIpc) is 2.82. The first kappa shape index (κ1) is 26.6. The summed E-state index contributed by atoms with van der Waals surface area (Å²) in [5.41, 5.74) is 2.23. The number of methoxy groups -OCH3 is 1. The second kappa shape index (κ2) is 14.5. The van der Waals surface area contributed by atoms with E-state index >= 15 is 0 Å². The van der Waals surface area contributed by atoms with E-state index in [2.05, 4.69) is 12.2 Å². The molecule has 0 unspecified atom stereocenters. The van der Waals surface area contributed by atoms with E-state index < -0.39 is 11.9 Å². The highest BCUT2D eigenvalue weighted by Crippen LogP contribution is 2.24. The van der Waals surface area contributed by atoms with E-state index in [1.54, 1.807) is 25.3 Å². The minimum atomic E-state index is -0.935. The van der Waals surface area contributed by atoms with Gasteiger partial charge in [-0.05, 0) is 73.6 Å². The highest BCUT2D eigenvalue weighted by atomic mass is 16.5. The number of benzene rings is 2. The van der Waals surface area contributed by atoms with Crippen molar-refractivity contribution >= 4 is 23.8 Å².